The number of carbonyl (C=O) groups excluding carboxylic acids is 4. The summed E-state index contributed by atoms with van der Waals surface area (Å²) >= 11 is 0. The van der Waals surface area contributed by atoms with Gasteiger partial charge in [0, 0.05) is 31.3 Å². The normalized spacial score (nSPS) is 14.6. The number of alkyl carbamates (subject to hydrolysis) is 2. The molecule has 0 saturated heterocycles. The highest BCUT2D eigenvalue weighted by Crippen LogP contribution is 2.23. The van der Waals surface area contributed by atoms with Crippen LogP contribution in [0.25, 0.3) is 11.3 Å². The van der Waals surface area contributed by atoms with E-state index in [0.29, 0.717) is 13.0 Å². The van der Waals surface area contributed by atoms with Crippen LogP contribution >= 0.6 is 0 Å². The van der Waals surface area contributed by atoms with Crippen molar-refractivity contribution in [3.05, 3.63) is 90.1 Å². The highest BCUT2D eigenvalue weighted by atomic mass is 16.6. The van der Waals surface area contributed by atoms with Gasteiger partial charge in [0.05, 0.1) is 37.2 Å². The Bertz CT molecular complexity index is 1770. The van der Waals surface area contributed by atoms with E-state index in [-0.39, 0.29) is 25.1 Å². The zero-order valence-electron chi connectivity index (χ0n) is 36.6. The van der Waals surface area contributed by atoms with Gasteiger partial charge in [-0.05, 0) is 68.2 Å². The van der Waals surface area contributed by atoms with E-state index in [2.05, 4.69) is 26.4 Å². The first-order valence-electron chi connectivity index (χ1n) is 20.1. The number of methoxy groups -OCH3 is 1. The topological polar surface area (TPSA) is 180 Å². The molecule has 324 valence electrons. The molecule has 0 fully saturated rings. The Kier molecular flexibility index (Phi) is 17.9. The van der Waals surface area contributed by atoms with Crippen LogP contribution in [0.2, 0.25) is 0 Å². The first-order chi connectivity index (χ1) is 27.5. The van der Waals surface area contributed by atoms with Gasteiger partial charge < -0.3 is 35.3 Å². The number of rotatable bonds is 18. The van der Waals surface area contributed by atoms with Gasteiger partial charge in [-0.1, -0.05) is 102 Å². The Morgan fingerprint density at radius 2 is 1.34 bits per heavy atom. The lowest BCUT2D eigenvalue weighted by Crippen LogP contribution is -2.61. The smallest absolute Gasteiger partial charge is 0.408 e. The van der Waals surface area contributed by atoms with Gasteiger partial charge in [-0.2, -0.15) is 0 Å². The maximum atomic E-state index is 14.2. The van der Waals surface area contributed by atoms with Gasteiger partial charge in [0.15, 0.2) is 0 Å². The number of hydrogen-bond donors (Lipinski definition) is 5. The number of aliphatic hydroxyl groups is 1. The molecule has 1 heterocycles. The number of hydrogen-bond acceptors (Lipinski definition) is 10. The number of aromatic nitrogens is 1. The lowest BCUT2D eigenvalue weighted by atomic mass is 9.85. The lowest BCUT2D eigenvalue weighted by Gasteiger charge is -2.36. The third-order valence-electron chi connectivity index (χ3n) is 9.39. The fraction of sp³-hybridized carbons (Fsp3) is 0.533. The minimum Gasteiger partial charge on any atom is -0.453 e. The summed E-state index contributed by atoms with van der Waals surface area (Å²) in [5.74, 6) is -1.05. The minimum absolute atomic E-state index is 0.135. The molecule has 2 aromatic carbocycles. The molecule has 5 N–H and O–H groups in total. The molecule has 0 radical (unpaired) electrons. The summed E-state index contributed by atoms with van der Waals surface area (Å²) in [5.41, 5.74) is 4.49. The van der Waals surface area contributed by atoms with Crippen molar-refractivity contribution in [1.29, 1.82) is 0 Å². The average Bonchev–Trinajstić information content (AvgIpc) is 3.15. The molecule has 0 saturated carbocycles. The number of ether oxygens (including phenoxy) is 3. The standard InChI is InChI=1S/C45H66N6O8/c1-30(24-26-58-45(8,9)10)59-42(56)49-37(43(2,3)4)39(53)47-35(27-31-17-13-12-14-18-31)36(52)29-51(50-40(54)38(44(5,6)7)48-41(55)57-11)28-32-20-22-33(23-21-32)34-19-15-16-25-46-34/h12-23,25,30,35-38,52H,24,26-29H2,1-11H3,(H,47,53)(H,48,55)(H,49,56)(H,50,54)/t30?,35-,36-,37+,38+/m0/s1. The first kappa shape index (κ1) is 48.3. The second-order valence-corrected chi connectivity index (χ2v) is 18.0. The summed E-state index contributed by atoms with van der Waals surface area (Å²) in [7, 11) is 1.22. The molecule has 1 unspecified atom stereocenters. The molecule has 3 aromatic rings. The van der Waals surface area contributed by atoms with E-state index >= 15 is 0 Å². The number of carbonyl (C=O) groups is 4. The van der Waals surface area contributed by atoms with Crippen molar-refractivity contribution in [1.82, 2.24) is 31.4 Å². The lowest BCUT2D eigenvalue weighted by molar-refractivity contribution is -0.132. The third kappa shape index (κ3) is 17.0. The van der Waals surface area contributed by atoms with Crippen LogP contribution in [0.15, 0.2) is 79.0 Å². The third-order valence-corrected chi connectivity index (χ3v) is 9.39. The molecule has 0 aliphatic rings. The van der Waals surface area contributed by atoms with E-state index in [9.17, 15) is 24.3 Å². The Morgan fingerprint density at radius 1 is 0.746 bits per heavy atom. The Balaban J connectivity index is 1.91. The SMILES string of the molecule is COC(=O)N[C@H](C(=O)NN(Cc1ccc(-c2ccccn2)cc1)C[C@H](O)[C@H](Cc1ccccc1)NC(=O)[C@@H](NC(=O)OC(C)CCOC(C)(C)C)C(C)(C)C)C(C)(C)C. The summed E-state index contributed by atoms with van der Waals surface area (Å²) < 4.78 is 16.2. The molecule has 14 heteroatoms. The molecule has 3 rings (SSSR count). The maximum absolute atomic E-state index is 14.2. The quantitative estimate of drug-likeness (QED) is 0.0932. The Hall–Kier alpha value is -5.05. The van der Waals surface area contributed by atoms with Gasteiger partial charge in [-0.25, -0.2) is 14.6 Å². The number of hydrazine groups is 1. The van der Waals surface area contributed by atoms with Crippen molar-refractivity contribution >= 4 is 24.0 Å². The fourth-order valence-electron chi connectivity index (χ4n) is 6.13. The number of pyridine rings is 1. The summed E-state index contributed by atoms with van der Waals surface area (Å²) in [6.45, 7) is 18.9. The van der Waals surface area contributed by atoms with Crippen LogP contribution in [0.3, 0.4) is 0 Å². The van der Waals surface area contributed by atoms with Gasteiger partial charge in [-0.3, -0.25) is 20.0 Å². The minimum atomic E-state index is -1.25. The van der Waals surface area contributed by atoms with E-state index in [1.807, 2.05) is 135 Å². The first-order valence-corrected chi connectivity index (χ1v) is 20.1. The van der Waals surface area contributed by atoms with Crippen LogP contribution in [0, 0.1) is 10.8 Å². The number of aliphatic hydroxyl groups excluding tert-OH is 1. The van der Waals surface area contributed by atoms with Crippen LogP contribution < -0.4 is 21.4 Å². The van der Waals surface area contributed by atoms with Crippen LogP contribution in [-0.4, -0.2) is 95.3 Å². The molecule has 0 aliphatic heterocycles. The summed E-state index contributed by atoms with van der Waals surface area (Å²) in [4.78, 5) is 58.0. The number of benzene rings is 2. The molecule has 0 spiro atoms. The van der Waals surface area contributed by atoms with Crippen LogP contribution in [0.5, 0.6) is 0 Å². The number of nitrogens with zero attached hydrogens (tertiary/aromatic N) is 2. The summed E-state index contributed by atoms with van der Waals surface area (Å²) in [6.07, 6.45) is -0.810. The molecular formula is C45H66N6O8. The van der Waals surface area contributed by atoms with Crippen molar-refractivity contribution in [2.24, 2.45) is 10.8 Å². The predicted molar refractivity (Wildman–Crippen MR) is 228 cm³/mol. The van der Waals surface area contributed by atoms with Gasteiger partial charge in [0.1, 0.15) is 18.2 Å². The fourth-order valence-corrected chi connectivity index (χ4v) is 6.13. The largest absolute Gasteiger partial charge is 0.453 e. The van der Waals surface area contributed by atoms with Crippen molar-refractivity contribution in [3.63, 3.8) is 0 Å². The van der Waals surface area contributed by atoms with Crippen molar-refractivity contribution in [2.75, 3.05) is 20.3 Å². The number of nitrogens with one attached hydrogen (secondary N) is 4. The highest BCUT2D eigenvalue weighted by Gasteiger charge is 2.37. The molecule has 1 aromatic heterocycles. The maximum Gasteiger partial charge on any atom is 0.408 e. The molecule has 5 atom stereocenters. The van der Waals surface area contributed by atoms with E-state index in [1.54, 1.807) is 18.1 Å². The van der Waals surface area contributed by atoms with Gasteiger partial charge in [-0.15, -0.1) is 0 Å². The van der Waals surface area contributed by atoms with Gasteiger partial charge in [0.25, 0.3) is 5.91 Å². The van der Waals surface area contributed by atoms with E-state index in [4.69, 9.17) is 14.2 Å². The second-order valence-electron chi connectivity index (χ2n) is 18.0. The van der Waals surface area contributed by atoms with E-state index in [1.165, 1.54) is 7.11 Å². The van der Waals surface area contributed by atoms with Crippen LogP contribution in [-0.2, 0) is 36.8 Å². The summed E-state index contributed by atoms with van der Waals surface area (Å²) in [5, 5.41) is 22.0. The monoisotopic (exact) mass is 818 g/mol. The molecule has 4 amide bonds. The van der Waals surface area contributed by atoms with Crippen molar-refractivity contribution in [2.45, 2.75) is 125 Å². The molecule has 0 bridgehead atoms. The van der Waals surface area contributed by atoms with E-state index in [0.717, 1.165) is 22.4 Å². The number of amides is 4. The predicted octanol–water partition coefficient (Wildman–Crippen LogP) is 6.18. The second kappa shape index (κ2) is 21.8. The van der Waals surface area contributed by atoms with Gasteiger partial charge in [0.2, 0.25) is 5.91 Å². The van der Waals surface area contributed by atoms with E-state index < -0.39 is 65.2 Å². The molecule has 0 aliphatic carbocycles. The van der Waals surface area contributed by atoms with Crippen molar-refractivity contribution < 1.29 is 38.5 Å². The summed E-state index contributed by atoms with van der Waals surface area (Å²) in [6, 6.07) is 19.8. The average molecular weight is 819 g/mol. The van der Waals surface area contributed by atoms with Crippen LogP contribution in [0.4, 0.5) is 9.59 Å². The van der Waals surface area contributed by atoms with Crippen LogP contribution in [0.1, 0.15) is 86.8 Å². The zero-order chi connectivity index (χ0) is 44.0. The zero-order valence-corrected chi connectivity index (χ0v) is 36.6. The van der Waals surface area contributed by atoms with Gasteiger partial charge >= 0.3 is 12.2 Å². The Labute approximate surface area is 350 Å². The molecule has 59 heavy (non-hydrogen) atoms. The van der Waals surface area contributed by atoms with Crippen molar-refractivity contribution in [3.8, 4) is 11.3 Å². The Morgan fingerprint density at radius 3 is 1.90 bits per heavy atom. The molecular weight excluding hydrogens is 753 g/mol. The highest BCUT2D eigenvalue weighted by molar-refractivity contribution is 5.87. The molecule has 14 nitrogen and oxygen atoms in total.